The molecule has 7 nitrogen and oxygen atoms in total. The average Bonchev–Trinajstić information content (AvgIpc) is 3.36. The Morgan fingerprint density at radius 1 is 1.06 bits per heavy atom. The summed E-state index contributed by atoms with van der Waals surface area (Å²) in [6.07, 6.45) is 8.30. The highest BCUT2D eigenvalue weighted by Crippen LogP contribution is 2.35. The SMILES string of the molecule is Cc1cnn(C2CCCc3ccccc32)c1NC(=O)c1cnn(-c2ccccn2)c1C. The number of aryl methyl sites for hydroxylation is 2. The summed E-state index contributed by atoms with van der Waals surface area (Å²) in [5, 5.41) is 12.1. The first-order valence-electron chi connectivity index (χ1n) is 10.5. The van der Waals surface area contributed by atoms with Gasteiger partial charge in [-0.15, -0.1) is 0 Å². The van der Waals surface area contributed by atoms with Crippen LogP contribution in [-0.2, 0) is 6.42 Å². The molecule has 1 aliphatic rings. The molecule has 1 N–H and O–H groups in total. The zero-order valence-electron chi connectivity index (χ0n) is 17.6. The van der Waals surface area contributed by atoms with Gasteiger partial charge in [0.25, 0.3) is 5.91 Å². The van der Waals surface area contributed by atoms with Crippen LogP contribution in [0.5, 0.6) is 0 Å². The van der Waals surface area contributed by atoms with Crippen molar-refractivity contribution in [1.29, 1.82) is 0 Å². The number of aromatic nitrogens is 5. The van der Waals surface area contributed by atoms with Crippen molar-refractivity contribution in [3.8, 4) is 5.82 Å². The van der Waals surface area contributed by atoms with Crippen LogP contribution in [0.1, 0.15) is 51.6 Å². The van der Waals surface area contributed by atoms with Crippen molar-refractivity contribution in [2.24, 2.45) is 0 Å². The zero-order chi connectivity index (χ0) is 21.4. The van der Waals surface area contributed by atoms with Crippen molar-refractivity contribution >= 4 is 11.7 Å². The number of amides is 1. The summed E-state index contributed by atoms with van der Waals surface area (Å²) in [5.74, 6) is 1.21. The second-order valence-corrected chi connectivity index (χ2v) is 7.93. The highest BCUT2D eigenvalue weighted by molar-refractivity contribution is 6.04. The maximum atomic E-state index is 13.2. The van der Waals surface area contributed by atoms with Gasteiger partial charge in [0, 0.05) is 11.8 Å². The number of carbonyl (C=O) groups excluding carboxylic acids is 1. The van der Waals surface area contributed by atoms with E-state index < -0.39 is 0 Å². The lowest BCUT2D eigenvalue weighted by Gasteiger charge is -2.27. The van der Waals surface area contributed by atoms with Crippen molar-refractivity contribution in [3.63, 3.8) is 0 Å². The Morgan fingerprint density at radius 2 is 1.90 bits per heavy atom. The van der Waals surface area contributed by atoms with Crippen molar-refractivity contribution in [2.75, 3.05) is 5.32 Å². The molecule has 0 aliphatic heterocycles. The van der Waals surface area contributed by atoms with Gasteiger partial charge in [-0.2, -0.15) is 10.2 Å². The van der Waals surface area contributed by atoms with Crippen LogP contribution in [-0.4, -0.2) is 30.5 Å². The number of nitrogens with zero attached hydrogens (tertiary/aromatic N) is 5. The third-order valence-electron chi connectivity index (χ3n) is 5.96. The molecule has 1 aliphatic carbocycles. The highest BCUT2D eigenvalue weighted by Gasteiger charge is 2.26. The minimum atomic E-state index is -0.200. The van der Waals surface area contributed by atoms with E-state index in [9.17, 15) is 4.79 Å². The predicted octanol–water partition coefficient (Wildman–Crippen LogP) is 4.26. The Morgan fingerprint density at radius 3 is 2.74 bits per heavy atom. The number of fused-ring (bicyclic) bond motifs is 1. The molecular weight excluding hydrogens is 388 g/mol. The Bertz CT molecular complexity index is 1240. The average molecular weight is 412 g/mol. The van der Waals surface area contributed by atoms with Crippen LogP contribution in [0.25, 0.3) is 5.82 Å². The fourth-order valence-corrected chi connectivity index (χ4v) is 4.34. The molecule has 0 radical (unpaired) electrons. The summed E-state index contributed by atoms with van der Waals surface area (Å²) in [5.41, 5.74) is 4.83. The first-order chi connectivity index (χ1) is 15.1. The Kier molecular flexibility index (Phi) is 4.86. The second kappa shape index (κ2) is 7.83. The van der Waals surface area contributed by atoms with Crippen LogP contribution in [0.15, 0.2) is 61.1 Å². The van der Waals surface area contributed by atoms with Crippen molar-refractivity contribution in [3.05, 3.63) is 89.0 Å². The van der Waals surface area contributed by atoms with E-state index >= 15 is 0 Å². The first kappa shape index (κ1) is 19.2. The number of rotatable bonds is 4. The van der Waals surface area contributed by atoms with Gasteiger partial charge >= 0.3 is 0 Å². The summed E-state index contributed by atoms with van der Waals surface area (Å²) in [6.45, 7) is 3.84. The standard InChI is InChI=1S/C24H24N6O/c1-16-14-26-30(21-11-7-9-18-8-3-4-10-19(18)21)23(16)28-24(31)20-15-27-29(17(20)2)22-12-5-6-13-25-22/h3-6,8,10,12-15,21H,7,9,11H2,1-2H3,(H,28,31). The third-order valence-corrected chi connectivity index (χ3v) is 5.96. The van der Waals surface area contributed by atoms with Gasteiger partial charge in [0.15, 0.2) is 5.82 Å². The lowest BCUT2D eigenvalue weighted by atomic mass is 9.88. The van der Waals surface area contributed by atoms with E-state index in [1.54, 1.807) is 17.1 Å². The van der Waals surface area contributed by atoms with Crippen molar-refractivity contribution < 1.29 is 4.79 Å². The first-order valence-corrected chi connectivity index (χ1v) is 10.5. The molecule has 1 unspecified atom stereocenters. The molecule has 1 aromatic carbocycles. The molecule has 0 saturated heterocycles. The number of hydrogen-bond acceptors (Lipinski definition) is 4. The maximum Gasteiger partial charge on any atom is 0.260 e. The number of anilines is 1. The van der Waals surface area contributed by atoms with Crippen LogP contribution in [0.3, 0.4) is 0 Å². The summed E-state index contributed by atoms with van der Waals surface area (Å²) < 4.78 is 3.64. The molecule has 0 fully saturated rings. The van der Waals surface area contributed by atoms with Gasteiger partial charge in [0.1, 0.15) is 5.82 Å². The fraction of sp³-hybridized carbons (Fsp3) is 0.250. The van der Waals surface area contributed by atoms with Crippen molar-refractivity contribution in [1.82, 2.24) is 24.5 Å². The van der Waals surface area contributed by atoms with Crippen LogP contribution in [0.4, 0.5) is 5.82 Å². The molecule has 156 valence electrons. The van der Waals surface area contributed by atoms with E-state index in [0.717, 1.165) is 36.3 Å². The van der Waals surface area contributed by atoms with E-state index in [1.807, 2.05) is 42.9 Å². The third kappa shape index (κ3) is 3.42. The van der Waals surface area contributed by atoms with Gasteiger partial charge in [0.2, 0.25) is 0 Å². The van der Waals surface area contributed by atoms with Gasteiger partial charge in [-0.25, -0.2) is 14.3 Å². The van der Waals surface area contributed by atoms with E-state index in [4.69, 9.17) is 0 Å². The largest absolute Gasteiger partial charge is 0.306 e. The number of hydrogen-bond donors (Lipinski definition) is 1. The molecule has 0 spiro atoms. The van der Waals surface area contributed by atoms with Crippen LogP contribution >= 0.6 is 0 Å². The fourth-order valence-electron chi connectivity index (χ4n) is 4.34. The van der Waals surface area contributed by atoms with E-state index in [0.29, 0.717) is 11.4 Å². The van der Waals surface area contributed by atoms with E-state index in [2.05, 4.69) is 44.8 Å². The Labute approximate surface area is 180 Å². The Balaban J connectivity index is 1.46. The quantitative estimate of drug-likeness (QED) is 0.543. The predicted molar refractivity (Wildman–Crippen MR) is 119 cm³/mol. The lowest BCUT2D eigenvalue weighted by molar-refractivity contribution is 0.102. The molecule has 0 saturated carbocycles. The van der Waals surface area contributed by atoms with E-state index in [-0.39, 0.29) is 11.9 Å². The zero-order valence-corrected chi connectivity index (χ0v) is 17.6. The molecule has 7 heteroatoms. The van der Waals surface area contributed by atoms with Crippen LogP contribution in [0, 0.1) is 13.8 Å². The van der Waals surface area contributed by atoms with Gasteiger partial charge in [-0.3, -0.25) is 4.79 Å². The van der Waals surface area contributed by atoms with Gasteiger partial charge < -0.3 is 5.32 Å². The number of nitrogens with one attached hydrogen (secondary N) is 1. The summed E-state index contributed by atoms with van der Waals surface area (Å²) in [7, 11) is 0. The smallest absolute Gasteiger partial charge is 0.260 e. The number of pyridine rings is 1. The molecule has 0 bridgehead atoms. The minimum absolute atomic E-state index is 0.117. The highest BCUT2D eigenvalue weighted by atomic mass is 16.1. The van der Waals surface area contributed by atoms with Crippen LogP contribution in [0.2, 0.25) is 0 Å². The summed E-state index contributed by atoms with van der Waals surface area (Å²) in [4.78, 5) is 17.5. The van der Waals surface area contributed by atoms with Gasteiger partial charge in [-0.05, 0) is 56.4 Å². The number of carbonyl (C=O) groups is 1. The Hall–Kier alpha value is -3.74. The molecular formula is C24H24N6O. The molecule has 1 atom stereocenters. The summed E-state index contributed by atoms with van der Waals surface area (Å²) >= 11 is 0. The number of benzene rings is 1. The molecule has 1 amide bonds. The lowest BCUT2D eigenvalue weighted by Crippen LogP contribution is -2.23. The molecule has 4 aromatic rings. The maximum absolute atomic E-state index is 13.2. The van der Waals surface area contributed by atoms with Gasteiger partial charge in [-0.1, -0.05) is 30.3 Å². The summed E-state index contributed by atoms with van der Waals surface area (Å²) in [6, 6.07) is 14.2. The minimum Gasteiger partial charge on any atom is -0.306 e. The van der Waals surface area contributed by atoms with Crippen LogP contribution < -0.4 is 5.32 Å². The molecule has 3 aromatic heterocycles. The van der Waals surface area contributed by atoms with Crippen molar-refractivity contribution in [2.45, 2.75) is 39.2 Å². The molecule has 3 heterocycles. The second-order valence-electron chi connectivity index (χ2n) is 7.93. The van der Waals surface area contributed by atoms with E-state index in [1.165, 1.54) is 11.1 Å². The molecule has 5 rings (SSSR count). The molecule has 31 heavy (non-hydrogen) atoms. The normalized spacial score (nSPS) is 15.5. The monoisotopic (exact) mass is 412 g/mol. The topological polar surface area (TPSA) is 77.6 Å². The van der Waals surface area contributed by atoms with Gasteiger partial charge in [0.05, 0.1) is 29.7 Å².